The molecule has 1 amide bonds. The van der Waals surface area contributed by atoms with Gasteiger partial charge in [0.15, 0.2) is 6.61 Å². The molecule has 1 saturated heterocycles. The predicted octanol–water partition coefficient (Wildman–Crippen LogP) is 1.17. The summed E-state index contributed by atoms with van der Waals surface area (Å²) in [7, 11) is -3.13. The Balaban J connectivity index is 1.75. The Labute approximate surface area is 137 Å². The van der Waals surface area contributed by atoms with Crippen molar-refractivity contribution in [3.05, 3.63) is 29.8 Å². The number of carbonyl (C=O) groups is 1. The Kier molecular flexibility index (Phi) is 6.01. The largest absolute Gasteiger partial charge is 0.484 e. The number of piperidine rings is 1. The first-order chi connectivity index (χ1) is 10.9. The van der Waals surface area contributed by atoms with Crippen molar-refractivity contribution in [2.24, 2.45) is 0 Å². The van der Waals surface area contributed by atoms with E-state index in [9.17, 15) is 13.2 Å². The summed E-state index contributed by atoms with van der Waals surface area (Å²) in [6, 6.07) is 7.69. The topological polar surface area (TPSA) is 75.7 Å². The van der Waals surface area contributed by atoms with Crippen LogP contribution in [0.3, 0.4) is 0 Å². The van der Waals surface area contributed by atoms with Gasteiger partial charge in [0.2, 0.25) is 10.0 Å². The van der Waals surface area contributed by atoms with Crippen molar-refractivity contribution < 1.29 is 17.9 Å². The number of nitrogens with one attached hydrogen (secondary N) is 1. The molecule has 0 aliphatic carbocycles. The van der Waals surface area contributed by atoms with Gasteiger partial charge in [0.1, 0.15) is 5.75 Å². The molecule has 1 fully saturated rings. The lowest BCUT2D eigenvalue weighted by Gasteiger charge is -2.30. The Hall–Kier alpha value is -1.60. The summed E-state index contributed by atoms with van der Waals surface area (Å²) in [6.07, 6.45) is 3.39. The van der Waals surface area contributed by atoms with Gasteiger partial charge in [0.25, 0.3) is 5.91 Å². The molecule has 1 aromatic carbocycles. The van der Waals surface area contributed by atoms with Crippen LogP contribution in [0.2, 0.25) is 0 Å². The van der Waals surface area contributed by atoms with Gasteiger partial charge in [0.05, 0.1) is 6.26 Å². The molecular formula is C16H24N2O4S. The van der Waals surface area contributed by atoms with E-state index in [1.165, 1.54) is 10.6 Å². The molecule has 7 heteroatoms. The highest BCUT2D eigenvalue weighted by atomic mass is 32.2. The lowest BCUT2D eigenvalue weighted by Crippen LogP contribution is -2.47. The molecule has 0 radical (unpaired) electrons. The second-order valence-corrected chi connectivity index (χ2v) is 7.78. The highest BCUT2D eigenvalue weighted by Gasteiger charge is 2.25. The van der Waals surface area contributed by atoms with Gasteiger partial charge in [-0.1, -0.05) is 19.1 Å². The molecule has 0 spiro atoms. The van der Waals surface area contributed by atoms with E-state index in [4.69, 9.17) is 4.74 Å². The molecule has 0 saturated carbocycles. The van der Waals surface area contributed by atoms with Crippen LogP contribution >= 0.6 is 0 Å². The van der Waals surface area contributed by atoms with Gasteiger partial charge in [-0.25, -0.2) is 12.7 Å². The van der Waals surface area contributed by atoms with Gasteiger partial charge < -0.3 is 10.1 Å². The zero-order valence-corrected chi connectivity index (χ0v) is 14.4. The van der Waals surface area contributed by atoms with Crippen molar-refractivity contribution in [1.82, 2.24) is 9.62 Å². The van der Waals surface area contributed by atoms with Crippen molar-refractivity contribution >= 4 is 15.9 Å². The number of amides is 1. The maximum atomic E-state index is 11.9. The average Bonchev–Trinajstić information content (AvgIpc) is 2.53. The summed E-state index contributed by atoms with van der Waals surface area (Å²) in [5.41, 5.74) is 1.16. The molecule has 0 unspecified atom stereocenters. The van der Waals surface area contributed by atoms with E-state index < -0.39 is 10.0 Å². The van der Waals surface area contributed by atoms with Gasteiger partial charge in [-0.05, 0) is 37.0 Å². The van der Waals surface area contributed by atoms with Crippen LogP contribution in [-0.4, -0.2) is 50.6 Å². The standard InChI is InChI=1S/C16H24N2O4S/c1-3-13-5-4-6-15(11-13)22-12-16(19)17-14-7-9-18(10-8-14)23(2,20)21/h4-6,11,14H,3,7-10,12H2,1-2H3,(H,17,19). The van der Waals surface area contributed by atoms with E-state index in [0.29, 0.717) is 31.7 Å². The maximum absolute atomic E-state index is 11.9. The Morgan fingerprint density at radius 1 is 1.35 bits per heavy atom. The first-order valence-electron chi connectivity index (χ1n) is 7.84. The Bertz CT molecular complexity index is 637. The third kappa shape index (κ3) is 5.51. The molecule has 1 N–H and O–H groups in total. The van der Waals surface area contributed by atoms with E-state index in [1.807, 2.05) is 24.3 Å². The fraction of sp³-hybridized carbons (Fsp3) is 0.562. The van der Waals surface area contributed by atoms with Crippen LogP contribution in [0, 0.1) is 0 Å². The van der Waals surface area contributed by atoms with Crippen LogP contribution < -0.4 is 10.1 Å². The van der Waals surface area contributed by atoms with Crippen molar-refractivity contribution in [2.75, 3.05) is 26.0 Å². The molecule has 2 rings (SSSR count). The quantitative estimate of drug-likeness (QED) is 0.843. The number of aryl methyl sites for hydroxylation is 1. The SMILES string of the molecule is CCc1cccc(OCC(=O)NC2CCN(S(C)(=O)=O)CC2)c1. The smallest absolute Gasteiger partial charge is 0.258 e. The third-order valence-electron chi connectivity index (χ3n) is 3.96. The number of carbonyl (C=O) groups excluding carboxylic acids is 1. The first kappa shape index (κ1) is 17.7. The van der Waals surface area contributed by atoms with Crippen molar-refractivity contribution in [1.29, 1.82) is 0 Å². The summed E-state index contributed by atoms with van der Waals surface area (Å²) in [4.78, 5) is 11.9. The van der Waals surface area contributed by atoms with Crippen LogP contribution in [-0.2, 0) is 21.2 Å². The third-order valence-corrected chi connectivity index (χ3v) is 5.27. The zero-order valence-electron chi connectivity index (χ0n) is 13.6. The Morgan fingerprint density at radius 2 is 2.04 bits per heavy atom. The summed E-state index contributed by atoms with van der Waals surface area (Å²) in [6.45, 7) is 2.93. The second kappa shape index (κ2) is 7.79. The van der Waals surface area contributed by atoms with Gasteiger partial charge in [-0.3, -0.25) is 4.79 Å². The minimum absolute atomic E-state index is 0.00563. The van der Waals surface area contributed by atoms with E-state index in [1.54, 1.807) is 0 Å². The van der Waals surface area contributed by atoms with Gasteiger partial charge in [-0.2, -0.15) is 0 Å². The number of hydrogen-bond donors (Lipinski definition) is 1. The molecule has 0 aromatic heterocycles. The van der Waals surface area contributed by atoms with Gasteiger partial charge in [0, 0.05) is 19.1 Å². The summed E-state index contributed by atoms with van der Waals surface area (Å²) in [5.74, 6) is 0.510. The monoisotopic (exact) mass is 340 g/mol. The van der Waals surface area contributed by atoms with Gasteiger partial charge >= 0.3 is 0 Å². The average molecular weight is 340 g/mol. The number of hydrogen-bond acceptors (Lipinski definition) is 4. The molecule has 1 aliphatic rings. The van der Waals surface area contributed by atoms with Crippen molar-refractivity contribution in [2.45, 2.75) is 32.2 Å². The highest BCUT2D eigenvalue weighted by Crippen LogP contribution is 2.15. The molecule has 128 valence electrons. The molecule has 6 nitrogen and oxygen atoms in total. The lowest BCUT2D eigenvalue weighted by atomic mass is 10.1. The van der Waals surface area contributed by atoms with Crippen LogP contribution in [0.15, 0.2) is 24.3 Å². The fourth-order valence-electron chi connectivity index (χ4n) is 2.61. The molecular weight excluding hydrogens is 316 g/mol. The number of rotatable bonds is 6. The van der Waals surface area contributed by atoms with Gasteiger partial charge in [-0.15, -0.1) is 0 Å². The molecule has 1 heterocycles. The van der Waals surface area contributed by atoms with Crippen molar-refractivity contribution in [3.8, 4) is 5.75 Å². The predicted molar refractivity (Wildman–Crippen MR) is 88.9 cm³/mol. The minimum Gasteiger partial charge on any atom is -0.484 e. The number of benzene rings is 1. The van der Waals surface area contributed by atoms with E-state index in [-0.39, 0.29) is 18.6 Å². The molecule has 1 aliphatic heterocycles. The maximum Gasteiger partial charge on any atom is 0.258 e. The molecule has 1 aromatic rings. The van der Waals surface area contributed by atoms with Crippen LogP contribution in [0.4, 0.5) is 0 Å². The van der Waals surface area contributed by atoms with E-state index >= 15 is 0 Å². The minimum atomic E-state index is -3.13. The molecule has 0 bridgehead atoms. The number of sulfonamides is 1. The fourth-order valence-corrected chi connectivity index (χ4v) is 3.48. The first-order valence-corrected chi connectivity index (χ1v) is 9.69. The molecule has 0 atom stereocenters. The normalized spacial score (nSPS) is 17.0. The number of ether oxygens (including phenoxy) is 1. The van der Waals surface area contributed by atoms with E-state index in [0.717, 1.165) is 12.0 Å². The van der Waals surface area contributed by atoms with Crippen LogP contribution in [0.1, 0.15) is 25.3 Å². The summed E-state index contributed by atoms with van der Waals surface area (Å²) in [5, 5.41) is 2.90. The summed E-state index contributed by atoms with van der Waals surface area (Å²) >= 11 is 0. The molecule has 23 heavy (non-hydrogen) atoms. The Morgan fingerprint density at radius 3 is 2.65 bits per heavy atom. The van der Waals surface area contributed by atoms with Crippen LogP contribution in [0.25, 0.3) is 0 Å². The highest BCUT2D eigenvalue weighted by molar-refractivity contribution is 7.88. The zero-order chi connectivity index (χ0) is 16.9. The lowest BCUT2D eigenvalue weighted by molar-refractivity contribution is -0.124. The second-order valence-electron chi connectivity index (χ2n) is 5.79. The van der Waals surface area contributed by atoms with E-state index in [2.05, 4.69) is 12.2 Å². The summed E-state index contributed by atoms with van der Waals surface area (Å²) < 4.78 is 29.8. The number of nitrogens with zero attached hydrogens (tertiary/aromatic N) is 1. The van der Waals surface area contributed by atoms with Crippen LogP contribution in [0.5, 0.6) is 5.75 Å². The van der Waals surface area contributed by atoms with Crippen molar-refractivity contribution in [3.63, 3.8) is 0 Å².